The molecule has 8 nitrogen and oxygen atoms in total. The minimum absolute atomic E-state index is 0.222. The zero-order chi connectivity index (χ0) is 35.6. The van der Waals surface area contributed by atoms with Crippen molar-refractivity contribution < 1.29 is 23.4 Å². The first-order valence-corrected chi connectivity index (χ1v) is 16.8. The summed E-state index contributed by atoms with van der Waals surface area (Å²) in [6.07, 6.45) is 4.27. The molecular formula is C41H43FN4O4. The lowest BCUT2D eigenvalue weighted by atomic mass is 9.95. The molecule has 2 aromatic heterocycles. The van der Waals surface area contributed by atoms with Gasteiger partial charge in [0.1, 0.15) is 18.2 Å². The van der Waals surface area contributed by atoms with E-state index in [4.69, 9.17) is 24.3 Å². The fraction of sp³-hybridized carbons (Fsp3) is 0.293. The van der Waals surface area contributed by atoms with E-state index in [1.54, 1.807) is 23.6 Å². The van der Waals surface area contributed by atoms with Crippen molar-refractivity contribution in [2.45, 2.75) is 52.2 Å². The van der Waals surface area contributed by atoms with Crippen LogP contribution in [0, 0.1) is 12.7 Å². The maximum atomic E-state index is 16.5. The molecule has 258 valence electrons. The molecule has 0 bridgehead atoms. The molecule has 0 amide bonds. The number of hydrogen-bond acceptors (Lipinski definition) is 7. The second-order valence-corrected chi connectivity index (χ2v) is 13.3. The molecule has 9 heteroatoms. The van der Waals surface area contributed by atoms with Crippen LogP contribution in [0.2, 0.25) is 0 Å². The summed E-state index contributed by atoms with van der Waals surface area (Å²) in [5, 5.41) is 5.05. The molecular weight excluding hydrogens is 631 g/mol. The Morgan fingerprint density at radius 2 is 1.82 bits per heavy atom. The number of carbonyl (C=O) groups excluding carboxylic acids is 1. The Hall–Kier alpha value is -5.28. The number of aromatic nitrogens is 3. The van der Waals surface area contributed by atoms with Crippen LogP contribution in [0.4, 0.5) is 10.1 Å². The summed E-state index contributed by atoms with van der Waals surface area (Å²) in [5.74, 6) is -0.729. The lowest BCUT2D eigenvalue weighted by Gasteiger charge is -2.31. The van der Waals surface area contributed by atoms with Crippen LogP contribution in [0.1, 0.15) is 50.1 Å². The van der Waals surface area contributed by atoms with Crippen molar-refractivity contribution in [1.82, 2.24) is 14.6 Å². The van der Waals surface area contributed by atoms with E-state index in [9.17, 15) is 4.79 Å². The van der Waals surface area contributed by atoms with E-state index in [1.165, 1.54) is 18.7 Å². The second kappa shape index (κ2) is 14.3. The third kappa shape index (κ3) is 6.91. The van der Waals surface area contributed by atoms with Gasteiger partial charge in [0.2, 0.25) is 0 Å². The Bertz CT molecular complexity index is 2080. The van der Waals surface area contributed by atoms with Crippen LogP contribution in [-0.2, 0) is 20.7 Å². The number of ether oxygens (including phenoxy) is 3. The number of halogens is 1. The van der Waals surface area contributed by atoms with Crippen LogP contribution in [0.5, 0.6) is 5.75 Å². The van der Waals surface area contributed by atoms with E-state index in [2.05, 4.69) is 48.4 Å². The van der Waals surface area contributed by atoms with Gasteiger partial charge in [-0.15, -0.1) is 13.2 Å². The number of benzene rings is 3. The van der Waals surface area contributed by atoms with Crippen LogP contribution in [0.3, 0.4) is 0 Å². The first kappa shape index (κ1) is 34.6. The van der Waals surface area contributed by atoms with Crippen LogP contribution >= 0.6 is 0 Å². The number of methoxy groups -OCH3 is 1. The summed E-state index contributed by atoms with van der Waals surface area (Å²) < 4.78 is 35.5. The molecule has 1 aliphatic heterocycles. The maximum absolute atomic E-state index is 16.5. The van der Waals surface area contributed by atoms with Crippen molar-refractivity contribution >= 4 is 17.3 Å². The van der Waals surface area contributed by atoms with Gasteiger partial charge in [-0.05, 0) is 69.4 Å². The Morgan fingerprint density at radius 1 is 1.04 bits per heavy atom. The fourth-order valence-electron chi connectivity index (χ4n) is 6.48. The van der Waals surface area contributed by atoms with Gasteiger partial charge >= 0.3 is 5.97 Å². The summed E-state index contributed by atoms with van der Waals surface area (Å²) >= 11 is 0. The van der Waals surface area contributed by atoms with E-state index in [1.807, 2.05) is 51.1 Å². The van der Waals surface area contributed by atoms with Gasteiger partial charge in [0.05, 0.1) is 36.3 Å². The highest BCUT2D eigenvalue weighted by molar-refractivity contribution is 5.84. The molecule has 1 atom stereocenters. The van der Waals surface area contributed by atoms with E-state index in [0.29, 0.717) is 59.4 Å². The number of esters is 1. The van der Waals surface area contributed by atoms with Crippen molar-refractivity contribution in [2.75, 3.05) is 31.7 Å². The summed E-state index contributed by atoms with van der Waals surface area (Å²) in [6.45, 7) is 16.7. The molecule has 0 spiro atoms. The van der Waals surface area contributed by atoms with Gasteiger partial charge in [-0.25, -0.2) is 18.7 Å². The zero-order valence-electron chi connectivity index (χ0n) is 29.3. The van der Waals surface area contributed by atoms with Crippen molar-refractivity contribution in [1.29, 1.82) is 0 Å². The first-order chi connectivity index (χ1) is 24.0. The van der Waals surface area contributed by atoms with Crippen LogP contribution in [0.15, 0.2) is 92.0 Å². The predicted octanol–water partition coefficient (Wildman–Crippen LogP) is 8.71. The Labute approximate surface area is 292 Å². The van der Waals surface area contributed by atoms with Crippen molar-refractivity contribution in [3.63, 3.8) is 0 Å². The summed E-state index contributed by atoms with van der Waals surface area (Å²) in [5.41, 5.74) is 6.79. The maximum Gasteiger partial charge on any atom is 0.339 e. The zero-order valence-corrected chi connectivity index (χ0v) is 29.3. The number of aryl methyl sites for hydroxylation is 2. The van der Waals surface area contributed by atoms with Crippen LogP contribution < -0.4 is 9.64 Å². The molecule has 3 aromatic carbocycles. The van der Waals surface area contributed by atoms with Crippen molar-refractivity contribution in [3.8, 4) is 39.4 Å². The molecule has 6 rings (SSSR count). The number of rotatable bonds is 11. The topological polar surface area (TPSA) is 78.2 Å². The molecule has 50 heavy (non-hydrogen) atoms. The molecule has 0 unspecified atom stereocenters. The van der Waals surface area contributed by atoms with E-state index >= 15 is 4.39 Å². The summed E-state index contributed by atoms with van der Waals surface area (Å²) in [6, 6.07) is 21.6. The van der Waals surface area contributed by atoms with Crippen molar-refractivity contribution in [2.24, 2.45) is 0 Å². The number of fused-ring (bicyclic) bond motifs is 2. The largest absolute Gasteiger partial charge is 0.489 e. The normalized spacial score (nSPS) is 13.4. The summed E-state index contributed by atoms with van der Waals surface area (Å²) in [7, 11) is 1.31. The molecule has 1 aliphatic rings. The third-order valence-electron chi connectivity index (χ3n) is 8.70. The highest BCUT2D eigenvalue weighted by atomic mass is 19.1. The van der Waals surface area contributed by atoms with Gasteiger partial charge in [0.25, 0.3) is 0 Å². The molecule has 0 saturated heterocycles. The number of carbonyl (C=O) groups is 1. The van der Waals surface area contributed by atoms with Crippen LogP contribution in [0.25, 0.3) is 39.3 Å². The Morgan fingerprint density at radius 3 is 2.56 bits per heavy atom. The highest BCUT2D eigenvalue weighted by Crippen LogP contribution is 2.42. The van der Waals surface area contributed by atoms with E-state index in [-0.39, 0.29) is 5.56 Å². The number of allylic oxidation sites excluding steroid dienone is 1. The predicted molar refractivity (Wildman–Crippen MR) is 196 cm³/mol. The Kier molecular flexibility index (Phi) is 9.88. The minimum atomic E-state index is -1.22. The second-order valence-electron chi connectivity index (χ2n) is 13.3. The van der Waals surface area contributed by atoms with Gasteiger partial charge < -0.3 is 19.1 Å². The van der Waals surface area contributed by atoms with Gasteiger partial charge in [0.15, 0.2) is 11.8 Å². The standard InChI is InChI=1S/C41H43FN4O4/c1-8-10-14-27-15-11-12-18-30(27)28-16-13-17-29(22-28)33-25-36-43-26(3)37(39(40(47)48-7)50-41(4,5)6)38(46(36)44-33)31-23-34-35(24-32(31)42)49-21-20-45(34)19-9-2/h8-9,11-13,15-18,22-25,39H,1-2,10,14,19-21H2,3-7H3/t39-/m0/s1. The minimum Gasteiger partial charge on any atom is -0.489 e. The van der Waals surface area contributed by atoms with Crippen LogP contribution in [-0.4, -0.2) is 53.0 Å². The van der Waals surface area contributed by atoms with Gasteiger partial charge in [-0.3, -0.25) is 0 Å². The van der Waals surface area contributed by atoms with Gasteiger partial charge in [0, 0.05) is 41.1 Å². The smallest absolute Gasteiger partial charge is 0.339 e. The number of anilines is 1. The molecule has 0 aliphatic carbocycles. The fourth-order valence-corrected chi connectivity index (χ4v) is 6.48. The quantitative estimate of drug-likeness (QED) is 0.102. The molecule has 0 radical (unpaired) electrons. The van der Waals surface area contributed by atoms with Crippen molar-refractivity contribution in [3.05, 3.63) is 115 Å². The van der Waals surface area contributed by atoms with E-state index < -0.39 is 23.5 Å². The third-order valence-corrected chi connectivity index (χ3v) is 8.70. The SMILES string of the molecule is C=CCCc1ccccc1-c1cccc(-c2cc3nc(C)c([C@H](OC(C)(C)C)C(=O)OC)c(-c4cc5c(cc4F)OCCN5CC=C)n3n2)c1. The molecule has 0 saturated carbocycles. The van der Waals surface area contributed by atoms with Gasteiger partial charge in [-0.2, -0.15) is 5.10 Å². The number of nitrogens with zero attached hydrogens (tertiary/aromatic N) is 4. The Balaban J connectivity index is 1.60. The molecule has 5 aromatic rings. The first-order valence-electron chi connectivity index (χ1n) is 16.8. The molecule has 0 fully saturated rings. The monoisotopic (exact) mass is 674 g/mol. The average molecular weight is 675 g/mol. The van der Waals surface area contributed by atoms with Gasteiger partial charge in [-0.1, -0.05) is 54.6 Å². The number of hydrogen-bond donors (Lipinski definition) is 0. The lowest BCUT2D eigenvalue weighted by molar-refractivity contribution is -0.164. The molecule has 3 heterocycles. The molecule has 0 N–H and O–H groups in total. The van der Waals surface area contributed by atoms with E-state index in [0.717, 1.165) is 29.5 Å². The average Bonchev–Trinajstić information content (AvgIpc) is 3.52. The lowest BCUT2D eigenvalue weighted by Crippen LogP contribution is -2.33. The summed E-state index contributed by atoms with van der Waals surface area (Å²) in [4.78, 5) is 20.4. The highest BCUT2D eigenvalue weighted by Gasteiger charge is 2.35.